The Balaban J connectivity index is 0.00000225. The minimum absolute atomic E-state index is 0. The van der Waals surface area contributed by atoms with Gasteiger partial charge in [0.1, 0.15) is 0 Å². The number of nitrogens with two attached hydrogens (primary N) is 1. The first-order valence-electron chi connectivity index (χ1n) is 8.06. The van der Waals surface area contributed by atoms with Crippen molar-refractivity contribution in [3.05, 3.63) is 59.7 Å². The molecule has 0 radical (unpaired) electrons. The monoisotopic (exact) mass is 362 g/mol. The van der Waals surface area contributed by atoms with E-state index in [1.165, 1.54) is 0 Å². The molecule has 0 fully saturated rings. The third-order valence-corrected chi connectivity index (χ3v) is 4.18. The Hall–Kier alpha value is -2.24. The van der Waals surface area contributed by atoms with Crippen LogP contribution >= 0.6 is 12.4 Å². The fraction of sp³-hybridized carbons (Fsp3) is 0.316. The average Bonchev–Trinajstić information content (AvgIpc) is 3.07. The van der Waals surface area contributed by atoms with Gasteiger partial charge in [0, 0.05) is 26.1 Å². The predicted octanol–water partition coefficient (Wildman–Crippen LogP) is 3.28. The van der Waals surface area contributed by atoms with Gasteiger partial charge < -0.3 is 20.1 Å². The molecule has 0 aromatic heterocycles. The summed E-state index contributed by atoms with van der Waals surface area (Å²) in [5.74, 6) is 1.57. The quantitative estimate of drug-likeness (QED) is 0.856. The number of fused-ring (bicyclic) bond motifs is 1. The highest BCUT2D eigenvalue weighted by Crippen LogP contribution is 2.32. The number of hydrogen-bond acceptors (Lipinski definition) is 4. The van der Waals surface area contributed by atoms with Crippen LogP contribution in [0.2, 0.25) is 0 Å². The first-order chi connectivity index (χ1) is 11.6. The van der Waals surface area contributed by atoms with E-state index in [4.69, 9.17) is 15.2 Å². The summed E-state index contributed by atoms with van der Waals surface area (Å²) < 4.78 is 10.7. The van der Waals surface area contributed by atoms with Gasteiger partial charge in [-0.1, -0.05) is 36.4 Å². The first kappa shape index (κ1) is 19.1. The van der Waals surface area contributed by atoms with E-state index < -0.39 is 0 Å². The van der Waals surface area contributed by atoms with Gasteiger partial charge in [-0.3, -0.25) is 4.79 Å². The van der Waals surface area contributed by atoms with Gasteiger partial charge in [-0.05, 0) is 29.7 Å². The third kappa shape index (κ3) is 4.87. The van der Waals surface area contributed by atoms with Gasteiger partial charge in [0.2, 0.25) is 12.7 Å². The van der Waals surface area contributed by atoms with Gasteiger partial charge in [-0.25, -0.2) is 0 Å². The van der Waals surface area contributed by atoms with Crippen molar-refractivity contribution in [2.45, 2.75) is 25.4 Å². The Morgan fingerprint density at radius 1 is 1.16 bits per heavy atom. The van der Waals surface area contributed by atoms with Crippen LogP contribution in [0.25, 0.3) is 0 Å². The van der Waals surface area contributed by atoms with Crippen LogP contribution in [-0.2, 0) is 11.3 Å². The standard InChI is InChI=1S/C19H22N2O3.ClH/c1-21(12-14-7-9-17-18(11-14)24-13-23-17)19(22)10-8-16(20)15-5-3-2-4-6-15;/h2-7,9,11,16H,8,10,12-13,20H2,1H3;1H. The molecule has 0 bridgehead atoms. The molecule has 0 spiro atoms. The highest BCUT2D eigenvalue weighted by molar-refractivity contribution is 5.85. The summed E-state index contributed by atoms with van der Waals surface area (Å²) in [7, 11) is 1.81. The lowest BCUT2D eigenvalue weighted by Gasteiger charge is -2.19. The van der Waals surface area contributed by atoms with Crippen molar-refractivity contribution in [1.29, 1.82) is 0 Å². The molecule has 5 nitrogen and oxygen atoms in total. The summed E-state index contributed by atoms with van der Waals surface area (Å²) >= 11 is 0. The molecule has 1 atom stereocenters. The number of halogens is 1. The van der Waals surface area contributed by atoms with E-state index in [0.29, 0.717) is 19.4 Å². The molecule has 2 N–H and O–H groups in total. The summed E-state index contributed by atoms with van der Waals surface area (Å²) in [6, 6.07) is 15.5. The van der Waals surface area contributed by atoms with Gasteiger partial charge in [0.15, 0.2) is 11.5 Å². The lowest BCUT2D eigenvalue weighted by Crippen LogP contribution is -2.27. The van der Waals surface area contributed by atoms with Gasteiger partial charge >= 0.3 is 0 Å². The summed E-state index contributed by atoms with van der Waals surface area (Å²) in [4.78, 5) is 14.0. The SMILES string of the molecule is CN(Cc1ccc2c(c1)OCO2)C(=O)CCC(N)c1ccccc1.Cl. The molecule has 1 aliphatic rings. The number of ether oxygens (including phenoxy) is 2. The van der Waals surface area contributed by atoms with Crippen molar-refractivity contribution in [2.75, 3.05) is 13.8 Å². The second-order valence-electron chi connectivity index (χ2n) is 5.99. The normalized spacial score (nSPS) is 13.0. The fourth-order valence-electron chi connectivity index (χ4n) is 2.74. The zero-order chi connectivity index (χ0) is 16.9. The van der Waals surface area contributed by atoms with E-state index in [9.17, 15) is 4.79 Å². The van der Waals surface area contributed by atoms with E-state index in [-0.39, 0.29) is 31.1 Å². The van der Waals surface area contributed by atoms with E-state index in [2.05, 4.69) is 0 Å². The van der Waals surface area contributed by atoms with E-state index in [1.54, 1.807) is 11.9 Å². The maximum absolute atomic E-state index is 12.3. The highest BCUT2D eigenvalue weighted by atomic mass is 35.5. The second-order valence-corrected chi connectivity index (χ2v) is 5.99. The Morgan fingerprint density at radius 2 is 1.88 bits per heavy atom. The fourth-order valence-corrected chi connectivity index (χ4v) is 2.74. The lowest BCUT2D eigenvalue weighted by atomic mass is 10.0. The van der Waals surface area contributed by atoms with E-state index in [1.807, 2.05) is 48.5 Å². The summed E-state index contributed by atoms with van der Waals surface area (Å²) in [6.45, 7) is 0.793. The molecule has 6 heteroatoms. The average molecular weight is 363 g/mol. The van der Waals surface area contributed by atoms with Crippen LogP contribution in [0, 0.1) is 0 Å². The smallest absolute Gasteiger partial charge is 0.231 e. The van der Waals surface area contributed by atoms with Crippen molar-refractivity contribution < 1.29 is 14.3 Å². The number of nitrogens with zero attached hydrogens (tertiary/aromatic N) is 1. The van der Waals surface area contributed by atoms with Crippen molar-refractivity contribution in [3.63, 3.8) is 0 Å². The van der Waals surface area contributed by atoms with Crippen LogP contribution in [0.1, 0.15) is 30.0 Å². The number of carbonyl (C=O) groups excluding carboxylic acids is 1. The zero-order valence-corrected chi connectivity index (χ0v) is 15.0. The Morgan fingerprint density at radius 3 is 2.64 bits per heavy atom. The van der Waals surface area contributed by atoms with Crippen LogP contribution in [0.5, 0.6) is 11.5 Å². The minimum Gasteiger partial charge on any atom is -0.454 e. The molecule has 3 rings (SSSR count). The largest absolute Gasteiger partial charge is 0.454 e. The zero-order valence-electron chi connectivity index (χ0n) is 14.2. The Bertz CT molecular complexity index is 709. The maximum atomic E-state index is 12.3. The summed E-state index contributed by atoms with van der Waals surface area (Å²) in [5.41, 5.74) is 8.23. The van der Waals surface area contributed by atoms with Crippen molar-refractivity contribution in [3.8, 4) is 11.5 Å². The van der Waals surface area contributed by atoms with Crippen LogP contribution in [-0.4, -0.2) is 24.6 Å². The third-order valence-electron chi connectivity index (χ3n) is 4.18. The molecule has 25 heavy (non-hydrogen) atoms. The van der Waals surface area contributed by atoms with Crippen LogP contribution in [0.3, 0.4) is 0 Å². The van der Waals surface area contributed by atoms with Crippen LogP contribution in [0.4, 0.5) is 0 Å². The van der Waals surface area contributed by atoms with Crippen LogP contribution < -0.4 is 15.2 Å². The molecule has 1 amide bonds. The molecule has 0 saturated heterocycles. The predicted molar refractivity (Wildman–Crippen MR) is 98.9 cm³/mol. The first-order valence-corrected chi connectivity index (χ1v) is 8.06. The molecule has 1 heterocycles. The van der Waals surface area contributed by atoms with E-state index in [0.717, 1.165) is 22.6 Å². The number of amides is 1. The molecule has 1 unspecified atom stereocenters. The number of hydrogen-bond donors (Lipinski definition) is 1. The molecule has 2 aromatic carbocycles. The topological polar surface area (TPSA) is 64.8 Å². The Kier molecular flexibility index (Phi) is 6.67. The summed E-state index contributed by atoms with van der Waals surface area (Å²) in [5, 5.41) is 0. The summed E-state index contributed by atoms with van der Waals surface area (Å²) in [6.07, 6.45) is 1.06. The number of rotatable bonds is 6. The number of benzene rings is 2. The van der Waals surface area contributed by atoms with Gasteiger partial charge in [-0.2, -0.15) is 0 Å². The second kappa shape index (κ2) is 8.74. The van der Waals surface area contributed by atoms with Gasteiger partial charge in [-0.15, -0.1) is 12.4 Å². The number of carbonyl (C=O) groups is 1. The van der Waals surface area contributed by atoms with Crippen molar-refractivity contribution in [1.82, 2.24) is 4.90 Å². The molecular weight excluding hydrogens is 340 g/mol. The van der Waals surface area contributed by atoms with Crippen molar-refractivity contribution >= 4 is 18.3 Å². The molecular formula is C19H23ClN2O3. The minimum atomic E-state index is -0.117. The Labute approximate surface area is 154 Å². The molecule has 1 aliphatic heterocycles. The molecule has 134 valence electrons. The molecule has 0 saturated carbocycles. The highest BCUT2D eigenvalue weighted by Gasteiger charge is 2.16. The lowest BCUT2D eigenvalue weighted by molar-refractivity contribution is -0.130. The van der Waals surface area contributed by atoms with Gasteiger partial charge in [0.05, 0.1) is 0 Å². The van der Waals surface area contributed by atoms with Gasteiger partial charge in [0.25, 0.3) is 0 Å². The van der Waals surface area contributed by atoms with Crippen LogP contribution in [0.15, 0.2) is 48.5 Å². The van der Waals surface area contributed by atoms with Crippen molar-refractivity contribution in [2.24, 2.45) is 5.73 Å². The van der Waals surface area contributed by atoms with E-state index >= 15 is 0 Å². The molecule has 0 aliphatic carbocycles. The maximum Gasteiger partial charge on any atom is 0.231 e. The molecule has 2 aromatic rings.